The Hall–Kier alpha value is -3.40. The maximum absolute atomic E-state index is 14.4. The van der Waals surface area contributed by atoms with Crippen molar-refractivity contribution in [1.82, 2.24) is 15.2 Å². The Morgan fingerprint density at radius 3 is 2.49 bits per heavy atom. The predicted molar refractivity (Wildman–Crippen MR) is 142 cm³/mol. The fraction of sp³-hybridized carbons (Fsp3) is 0.533. The van der Waals surface area contributed by atoms with Crippen LogP contribution in [0, 0.1) is 23.3 Å². The minimum atomic E-state index is -0.873. The fourth-order valence-electron chi connectivity index (χ4n) is 6.04. The molecule has 1 unspecified atom stereocenters. The van der Waals surface area contributed by atoms with Gasteiger partial charge < -0.3 is 5.32 Å². The highest BCUT2D eigenvalue weighted by atomic mass is 16.2. The molecule has 194 valence electrons. The molecule has 7 nitrogen and oxygen atoms in total. The number of hydrogen-bond acceptors (Lipinski definition) is 5. The van der Waals surface area contributed by atoms with E-state index in [1.807, 2.05) is 30.3 Å². The molecule has 4 atom stereocenters. The molecule has 5 rings (SSSR count). The third-order valence-corrected chi connectivity index (χ3v) is 8.24. The van der Waals surface area contributed by atoms with Crippen molar-refractivity contribution in [2.75, 3.05) is 11.4 Å². The Morgan fingerprint density at radius 2 is 1.86 bits per heavy atom. The smallest absolute Gasteiger partial charge is 0.251 e. The number of benzene rings is 1. The number of aromatic nitrogens is 1. The summed E-state index contributed by atoms with van der Waals surface area (Å²) in [6.07, 6.45) is 11.8. The Bertz CT molecular complexity index is 1160. The van der Waals surface area contributed by atoms with Crippen LogP contribution in [-0.2, 0) is 15.0 Å². The first-order valence-corrected chi connectivity index (χ1v) is 13.6. The van der Waals surface area contributed by atoms with Crippen molar-refractivity contribution >= 4 is 17.5 Å². The van der Waals surface area contributed by atoms with Gasteiger partial charge in [0, 0.05) is 36.2 Å². The lowest BCUT2D eigenvalue weighted by Crippen LogP contribution is -2.52. The van der Waals surface area contributed by atoms with Crippen LogP contribution in [0.2, 0.25) is 0 Å². The zero-order valence-corrected chi connectivity index (χ0v) is 22.1. The Morgan fingerprint density at radius 1 is 1.14 bits per heavy atom. The number of rotatable bonds is 6. The summed E-state index contributed by atoms with van der Waals surface area (Å²) in [5, 5.41) is 13.1. The number of likely N-dealkylation sites (tertiary alicyclic amines) is 1. The number of carbonyl (C=O) groups excluding carboxylic acids is 2. The van der Waals surface area contributed by atoms with Crippen molar-refractivity contribution in [3.8, 4) is 6.19 Å². The predicted octanol–water partition coefficient (Wildman–Crippen LogP) is 4.70. The number of amides is 2. The minimum absolute atomic E-state index is 0.0429. The molecule has 1 saturated heterocycles. The van der Waals surface area contributed by atoms with Gasteiger partial charge in [0.2, 0.25) is 5.91 Å². The van der Waals surface area contributed by atoms with Crippen LogP contribution in [-0.4, -0.2) is 40.3 Å². The molecule has 2 aromatic rings. The molecule has 0 bridgehead atoms. The monoisotopic (exact) mass is 499 g/mol. The molecule has 7 heteroatoms. The summed E-state index contributed by atoms with van der Waals surface area (Å²) >= 11 is 0. The van der Waals surface area contributed by atoms with Gasteiger partial charge in [0.15, 0.2) is 6.19 Å². The lowest BCUT2D eigenvalue weighted by atomic mass is 9.87. The molecular weight excluding hydrogens is 462 g/mol. The van der Waals surface area contributed by atoms with E-state index in [4.69, 9.17) is 0 Å². The summed E-state index contributed by atoms with van der Waals surface area (Å²) in [6.45, 7) is 7.06. The Balaban J connectivity index is 1.56. The number of fused-ring (bicyclic) bond motifs is 1. The molecule has 3 fully saturated rings. The van der Waals surface area contributed by atoms with Gasteiger partial charge >= 0.3 is 0 Å². The molecule has 2 amide bonds. The maximum atomic E-state index is 14.4. The van der Waals surface area contributed by atoms with Crippen molar-refractivity contribution in [1.29, 1.82) is 5.26 Å². The van der Waals surface area contributed by atoms with E-state index in [2.05, 4.69) is 37.3 Å². The Labute approximate surface area is 219 Å². The van der Waals surface area contributed by atoms with Crippen molar-refractivity contribution in [2.45, 2.75) is 82.8 Å². The lowest BCUT2D eigenvalue weighted by molar-refractivity contribution is -0.129. The van der Waals surface area contributed by atoms with E-state index in [-0.39, 0.29) is 29.2 Å². The molecule has 1 N–H and O–H groups in total. The molecule has 37 heavy (non-hydrogen) atoms. The minimum Gasteiger partial charge on any atom is -0.351 e. The van der Waals surface area contributed by atoms with Gasteiger partial charge in [0.25, 0.3) is 5.91 Å². The molecule has 0 radical (unpaired) electrons. The fourth-order valence-corrected chi connectivity index (χ4v) is 6.04. The van der Waals surface area contributed by atoms with E-state index in [0.29, 0.717) is 23.7 Å². The Kier molecular flexibility index (Phi) is 6.94. The second kappa shape index (κ2) is 10.2. The highest BCUT2D eigenvalue weighted by molar-refractivity contribution is 6.04. The van der Waals surface area contributed by atoms with Crippen LogP contribution < -0.4 is 10.2 Å². The molecule has 3 aliphatic rings. The number of piperidine rings is 1. The van der Waals surface area contributed by atoms with E-state index in [1.165, 1.54) is 6.42 Å². The number of anilines is 1. The van der Waals surface area contributed by atoms with E-state index >= 15 is 0 Å². The van der Waals surface area contributed by atoms with Gasteiger partial charge in [0.05, 0.1) is 0 Å². The van der Waals surface area contributed by atoms with Crippen molar-refractivity contribution in [2.24, 2.45) is 11.8 Å². The number of nitrogens with one attached hydrogen (secondary N) is 1. The highest BCUT2D eigenvalue weighted by Crippen LogP contribution is 2.50. The number of nitrogens with zero attached hydrogens (tertiary/aromatic N) is 4. The average molecular weight is 500 g/mol. The first-order valence-electron chi connectivity index (χ1n) is 13.6. The standard InChI is InChI=1S/C30H37N5O2/c1-30(2,3)22-11-13-24(14-12-22)35(29(37)27-25-16-21(25)18-34(27)19-31)26(20-8-7-15-32-17-20)28(36)33-23-9-5-4-6-10-23/h7-8,11-15,17,21,23,25-27H,4-6,9-10,16,18H2,1-3H3,(H,33,36)/t21-,25-,26?,27+/m0/s1. The van der Waals surface area contributed by atoms with E-state index < -0.39 is 12.1 Å². The average Bonchev–Trinajstić information content (AvgIpc) is 3.56. The van der Waals surface area contributed by atoms with Crippen LogP contribution in [0.4, 0.5) is 5.69 Å². The third kappa shape index (κ3) is 5.20. The van der Waals surface area contributed by atoms with E-state index in [0.717, 1.165) is 37.7 Å². The van der Waals surface area contributed by atoms with Crippen LogP contribution >= 0.6 is 0 Å². The van der Waals surface area contributed by atoms with Gasteiger partial charge in [-0.05, 0) is 60.3 Å². The van der Waals surface area contributed by atoms with Crippen LogP contribution in [0.25, 0.3) is 0 Å². The highest BCUT2D eigenvalue weighted by Gasteiger charge is 2.57. The van der Waals surface area contributed by atoms with Gasteiger partial charge in [-0.15, -0.1) is 0 Å². The summed E-state index contributed by atoms with van der Waals surface area (Å²) in [5.41, 5.74) is 2.43. The van der Waals surface area contributed by atoms with Crippen LogP contribution in [0.5, 0.6) is 0 Å². The summed E-state index contributed by atoms with van der Waals surface area (Å²) in [5.74, 6) is 0.163. The molecule has 1 aromatic carbocycles. The van der Waals surface area contributed by atoms with Crippen LogP contribution in [0.3, 0.4) is 0 Å². The second-order valence-electron chi connectivity index (χ2n) is 11.9. The normalized spacial score (nSPS) is 24.1. The van der Waals surface area contributed by atoms with E-state index in [9.17, 15) is 14.9 Å². The van der Waals surface area contributed by atoms with Gasteiger partial charge in [0.1, 0.15) is 12.1 Å². The lowest BCUT2D eigenvalue weighted by Gasteiger charge is -2.36. The summed E-state index contributed by atoms with van der Waals surface area (Å²) in [4.78, 5) is 35.9. The molecule has 2 saturated carbocycles. The molecule has 0 spiro atoms. The topological polar surface area (TPSA) is 89.3 Å². The molecule has 1 aromatic heterocycles. The maximum Gasteiger partial charge on any atom is 0.251 e. The van der Waals surface area contributed by atoms with Crippen molar-refractivity contribution < 1.29 is 9.59 Å². The summed E-state index contributed by atoms with van der Waals surface area (Å²) in [6, 6.07) is 10.3. The van der Waals surface area contributed by atoms with Crippen molar-refractivity contribution in [3.63, 3.8) is 0 Å². The summed E-state index contributed by atoms with van der Waals surface area (Å²) in [7, 11) is 0. The van der Waals surface area contributed by atoms with Crippen LogP contribution in [0.15, 0.2) is 48.8 Å². The number of carbonyl (C=O) groups is 2. The first-order chi connectivity index (χ1) is 17.8. The quantitative estimate of drug-likeness (QED) is 0.582. The number of pyridine rings is 1. The molecule has 2 heterocycles. The molecular formula is C30H37N5O2. The number of hydrogen-bond donors (Lipinski definition) is 1. The van der Waals surface area contributed by atoms with Gasteiger partial charge in [-0.3, -0.25) is 24.4 Å². The van der Waals surface area contributed by atoms with E-state index in [1.54, 1.807) is 28.3 Å². The van der Waals surface area contributed by atoms with Gasteiger partial charge in [-0.1, -0.05) is 58.2 Å². The SMILES string of the molecule is CC(C)(C)c1ccc(N(C(=O)[C@H]2[C@H]3C[C@H]3CN2C#N)C(C(=O)NC2CCCCC2)c2cccnc2)cc1. The molecule has 1 aliphatic heterocycles. The largest absolute Gasteiger partial charge is 0.351 e. The zero-order valence-electron chi connectivity index (χ0n) is 22.1. The first kappa shape index (κ1) is 25.3. The zero-order chi connectivity index (χ0) is 26.2. The number of nitriles is 1. The second-order valence-corrected chi connectivity index (χ2v) is 11.9. The third-order valence-electron chi connectivity index (χ3n) is 8.24. The van der Waals surface area contributed by atoms with Gasteiger partial charge in [-0.2, -0.15) is 5.26 Å². The van der Waals surface area contributed by atoms with Crippen molar-refractivity contribution in [3.05, 3.63) is 59.9 Å². The molecule has 2 aliphatic carbocycles. The summed E-state index contributed by atoms with van der Waals surface area (Å²) < 4.78 is 0. The van der Waals surface area contributed by atoms with Gasteiger partial charge in [-0.25, -0.2) is 0 Å². The van der Waals surface area contributed by atoms with Crippen LogP contribution in [0.1, 0.15) is 76.5 Å².